The fourth-order valence-corrected chi connectivity index (χ4v) is 9.75. The average Bonchev–Trinajstić information content (AvgIpc) is 2.68. The summed E-state index contributed by atoms with van der Waals surface area (Å²) < 4.78 is 6.88. The Labute approximate surface area is 165 Å². The number of benzene rings is 2. The van der Waals surface area contributed by atoms with E-state index in [0.717, 1.165) is 24.4 Å². The number of hydrogen-bond acceptors (Lipinski definition) is 1. The predicted molar refractivity (Wildman–Crippen MR) is 115 cm³/mol. The van der Waals surface area contributed by atoms with E-state index in [2.05, 4.69) is 67.2 Å². The van der Waals surface area contributed by atoms with Crippen molar-refractivity contribution in [2.75, 3.05) is 6.61 Å². The molecule has 142 valence electrons. The molecular weight excluding hydrogens is 344 g/mol. The van der Waals surface area contributed by atoms with Crippen LogP contribution in [0.5, 0.6) is 0 Å². The predicted octanol–water partition coefficient (Wildman–Crippen LogP) is 5.00. The summed E-state index contributed by atoms with van der Waals surface area (Å²) in [5, 5.41) is 2.78. The Hall–Kier alpha value is -1.38. The van der Waals surface area contributed by atoms with Crippen molar-refractivity contribution in [3.05, 3.63) is 60.7 Å². The summed E-state index contributed by atoms with van der Waals surface area (Å²) in [6.45, 7) is 3.32. The summed E-state index contributed by atoms with van der Waals surface area (Å²) in [5.41, 5.74) is 0.609. The zero-order valence-electron chi connectivity index (χ0n) is 16.6. The van der Waals surface area contributed by atoms with Gasteiger partial charge in [0.1, 0.15) is 0 Å². The Morgan fingerprint density at radius 1 is 0.778 bits per heavy atom. The van der Waals surface area contributed by atoms with E-state index < -0.39 is 8.32 Å². The molecule has 6 rings (SSSR count). The maximum atomic E-state index is 6.88. The summed E-state index contributed by atoms with van der Waals surface area (Å²) in [6, 6.07) is 21.9. The lowest BCUT2D eigenvalue weighted by atomic mass is 9.49. The summed E-state index contributed by atoms with van der Waals surface area (Å²) in [6.07, 6.45) is 10.3. The van der Waals surface area contributed by atoms with Crippen LogP contribution in [0.2, 0.25) is 6.55 Å². The molecule has 2 heteroatoms. The second-order valence-electron chi connectivity index (χ2n) is 9.78. The molecule has 0 spiro atoms. The first-order chi connectivity index (χ1) is 13.2. The van der Waals surface area contributed by atoms with Crippen LogP contribution in [0.15, 0.2) is 60.7 Å². The van der Waals surface area contributed by atoms with E-state index in [4.69, 9.17) is 4.43 Å². The van der Waals surface area contributed by atoms with Crippen molar-refractivity contribution in [3.63, 3.8) is 0 Å². The minimum atomic E-state index is -2.14. The van der Waals surface area contributed by atoms with Crippen LogP contribution in [0.25, 0.3) is 0 Å². The van der Waals surface area contributed by atoms with E-state index in [1.165, 1.54) is 55.3 Å². The van der Waals surface area contributed by atoms with Gasteiger partial charge in [-0.15, -0.1) is 0 Å². The Morgan fingerprint density at radius 3 is 1.67 bits per heavy atom. The summed E-state index contributed by atoms with van der Waals surface area (Å²) in [5.74, 6) is 3.09. The molecule has 0 radical (unpaired) electrons. The third-order valence-corrected chi connectivity index (χ3v) is 11.5. The lowest BCUT2D eigenvalue weighted by molar-refractivity contribution is -0.0625. The smallest absolute Gasteiger partial charge is 0.252 e. The van der Waals surface area contributed by atoms with Crippen LogP contribution < -0.4 is 10.4 Å². The van der Waals surface area contributed by atoms with E-state index in [0.29, 0.717) is 5.41 Å². The summed E-state index contributed by atoms with van der Waals surface area (Å²) >= 11 is 0. The second kappa shape index (κ2) is 6.90. The zero-order valence-corrected chi connectivity index (χ0v) is 17.6. The van der Waals surface area contributed by atoms with Gasteiger partial charge < -0.3 is 4.43 Å². The van der Waals surface area contributed by atoms with Gasteiger partial charge in [-0.05, 0) is 85.0 Å². The molecule has 4 bridgehead atoms. The first-order valence-electron chi connectivity index (χ1n) is 10.9. The molecule has 4 saturated carbocycles. The molecule has 0 aromatic heterocycles. The van der Waals surface area contributed by atoms with Crippen LogP contribution in [0.3, 0.4) is 0 Å². The quantitative estimate of drug-likeness (QED) is 0.645. The SMILES string of the molecule is C[Si](OCCC12CC3CC(CC(C3)C1)C2)(c1ccccc1)c1ccccc1. The molecule has 1 nitrogen and oxygen atoms in total. The first-order valence-corrected chi connectivity index (χ1v) is 13.3. The molecule has 2 aromatic carbocycles. The van der Waals surface area contributed by atoms with Crippen LogP contribution >= 0.6 is 0 Å². The van der Waals surface area contributed by atoms with Gasteiger partial charge in [-0.1, -0.05) is 60.7 Å². The normalized spacial score (nSPS) is 32.0. The minimum absolute atomic E-state index is 0.609. The monoisotopic (exact) mass is 376 g/mol. The van der Waals surface area contributed by atoms with Crippen LogP contribution in [0, 0.1) is 23.2 Å². The molecule has 0 N–H and O–H groups in total. The molecule has 0 unspecified atom stereocenters. The van der Waals surface area contributed by atoms with E-state index in [-0.39, 0.29) is 0 Å². The highest BCUT2D eigenvalue weighted by atomic mass is 28.4. The molecule has 0 heterocycles. The van der Waals surface area contributed by atoms with Crippen molar-refractivity contribution in [2.24, 2.45) is 23.2 Å². The van der Waals surface area contributed by atoms with Gasteiger partial charge in [0, 0.05) is 6.61 Å². The maximum absolute atomic E-state index is 6.88. The molecule has 4 fully saturated rings. The maximum Gasteiger partial charge on any atom is 0.252 e. The highest BCUT2D eigenvalue weighted by Crippen LogP contribution is 2.61. The molecule has 0 saturated heterocycles. The van der Waals surface area contributed by atoms with Crippen molar-refractivity contribution >= 4 is 18.7 Å². The lowest BCUT2D eigenvalue weighted by Crippen LogP contribution is -2.58. The number of hydrogen-bond donors (Lipinski definition) is 0. The van der Waals surface area contributed by atoms with Gasteiger partial charge in [0.05, 0.1) is 0 Å². The minimum Gasteiger partial charge on any atom is -0.408 e. The van der Waals surface area contributed by atoms with Gasteiger partial charge in [-0.2, -0.15) is 0 Å². The fraction of sp³-hybridized carbons (Fsp3) is 0.520. The fourth-order valence-electron chi connectivity index (χ4n) is 6.91. The van der Waals surface area contributed by atoms with Gasteiger partial charge in [-0.3, -0.25) is 0 Å². The van der Waals surface area contributed by atoms with Gasteiger partial charge in [0.15, 0.2) is 0 Å². The Kier molecular flexibility index (Phi) is 4.52. The third-order valence-electron chi connectivity index (χ3n) is 7.84. The molecule has 27 heavy (non-hydrogen) atoms. The van der Waals surface area contributed by atoms with Gasteiger partial charge in [-0.25, -0.2) is 0 Å². The summed E-state index contributed by atoms with van der Waals surface area (Å²) in [4.78, 5) is 0. The average molecular weight is 377 g/mol. The van der Waals surface area contributed by atoms with Crippen molar-refractivity contribution in [2.45, 2.75) is 51.5 Å². The van der Waals surface area contributed by atoms with Crippen molar-refractivity contribution in [1.29, 1.82) is 0 Å². The van der Waals surface area contributed by atoms with Gasteiger partial charge in [0.2, 0.25) is 0 Å². The van der Waals surface area contributed by atoms with Crippen LogP contribution in [-0.4, -0.2) is 14.9 Å². The third kappa shape index (κ3) is 3.32. The van der Waals surface area contributed by atoms with Crippen LogP contribution in [-0.2, 0) is 4.43 Å². The Morgan fingerprint density at radius 2 is 1.22 bits per heavy atom. The van der Waals surface area contributed by atoms with Crippen molar-refractivity contribution in [3.8, 4) is 0 Å². The molecular formula is C25H32OSi. The molecule has 4 aliphatic carbocycles. The zero-order chi connectivity index (χ0) is 18.3. The standard InChI is InChI=1S/C25H32OSi/c1-27(23-8-4-2-5-9-23,24-10-6-3-7-11-24)26-13-12-25-17-20-14-21(18-25)16-22(15-20)19-25/h2-11,20-22H,12-19H2,1H3. The molecule has 0 amide bonds. The molecule has 2 aromatic rings. The largest absolute Gasteiger partial charge is 0.408 e. The van der Waals surface area contributed by atoms with Crippen LogP contribution in [0.1, 0.15) is 44.9 Å². The topological polar surface area (TPSA) is 9.23 Å². The lowest BCUT2D eigenvalue weighted by Gasteiger charge is -2.57. The molecule has 0 atom stereocenters. The van der Waals surface area contributed by atoms with Crippen molar-refractivity contribution < 1.29 is 4.43 Å². The Bertz CT molecular complexity index is 695. The molecule has 0 aliphatic heterocycles. The first kappa shape index (κ1) is 17.7. The van der Waals surface area contributed by atoms with Gasteiger partial charge in [0.25, 0.3) is 8.32 Å². The Balaban J connectivity index is 1.34. The second-order valence-corrected chi connectivity index (χ2v) is 13.3. The highest BCUT2D eigenvalue weighted by Gasteiger charge is 2.50. The van der Waals surface area contributed by atoms with Gasteiger partial charge >= 0.3 is 0 Å². The number of rotatable bonds is 6. The van der Waals surface area contributed by atoms with E-state index >= 15 is 0 Å². The van der Waals surface area contributed by atoms with E-state index in [1.54, 1.807) is 0 Å². The summed E-state index contributed by atoms with van der Waals surface area (Å²) in [7, 11) is -2.14. The van der Waals surface area contributed by atoms with E-state index in [9.17, 15) is 0 Å². The highest BCUT2D eigenvalue weighted by molar-refractivity contribution is 6.96. The van der Waals surface area contributed by atoms with E-state index in [1.807, 2.05) is 0 Å². The molecule has 4 aliphatic rings. The van der Waals surface area contributed by atoms with Crippen LogP contribution in [0.4, 0.5) is 0 Å². The van der Waals surface area contributed by atoms with Crippen molar-refractivity contribution in [1.82, 2.24) is 0 Å².